The molecule has 1 aliphatic heterocycles. The minimum Gasteiger partial charge on any atom is -0.376 e. The van der Waals surface area contributed by atoms with Crippen LogP contribution in [0.25, 0.3) is 6.08 Å². The summed E-state index contributed by atoms with van der Waals surface area (Å²) in [5.74, 6) is 2.63. The second kappa shape index (κ2) is 15.7. The summed E-state index contributed by atoms with van der Waals surface area (Å²) in [4.78, 5) is 4.57. The molecule has 2 rings (SSSR count). The highest BCUT2D eigenvalue weighted by Gasteiger charge is 2.42. The molecule has 0 radical (unpaired) electrons. The molecule has 39 heavy (non-hydrogen) atoms. The Morgan fingerprint density at radius 2 is 1.95 bits per heavy atom. The van der Waals surface area contributed by atoms with E-state index in [0.717, 1.165) is 43.0 Å². The van der Waals surface area contributed by atoms with Crippen molar-refractivity contribution in [1.82, 2.24) is 4.98 Å². The molecule has 0 spiro atoms. The summed E-state index contributed by atoms with van der Waals surface area (Å²) in [5, 5.41) is 3.30. The summed E-state index contributed by atoms with van der Waals surface area (Å²) >= 11 is 1.73. The number of nitrogens with zero attached hydrogens (tertiary/aromatic N) is 1. The highest BCUT2D eigenvalue weighted by molar-refractivity contribution is 7.09. The Hall–Kier alpha value is -1.19. The monoisotopic (exact) mass is 555 g/mol. The van der Waals surface area contributed by atoms with Crippen molar-refractivity contribution in [2.45, 2.75) is 139 Å². The first-order valence-corrected chi connectivity index (χ1v) is 16.8. The third-order valence-electron chi connectivity index (χ3n) is 9.74. The van der Waals surface area contributed by atoms with E-state index in [1.807, 2.05) is 0 Å². The predicted molar refractivity (Wildman–Crippen MR) is 174 cm³/mol. The normalized spacial score (nSPS) is 21.0. The Kier molecular flexibility index (Phi) is 13.7. The van der Waals surface area contributed by atoms with Crippen LogP contribution in [0.4, 0.5) is 0 Å². The molecule has 3 heteroatoms. The highest BCUT2D eigenvalue weighted by Crippen LogP contribution is 2.49. The summed E-state index contributed by atoms with van der Waals surface area (Å²) in [7, 11) is 0. The van der Waals surface area contributed by atoms with Gasteiger partial charge in [-0.25, -0.2) is 4.98 Å². The predicted octanol–water partition coefficient (Wildman–Crippen LogP) is 11.6. The number of allylic oxidation sites excluding steroid dienone is 4. The number of aromatic nitrogens is 1. The maximum absolute atomic E-state index is 6.06. The zero-order valence-electron chi connectivity index (χ0n) is 27.3. The maximum atomic E-state index is 6.06. The molecular formula is C36H61NOS. The van der Waals surface area contributed by atoms with E-state index in [2.05, 4.69) is 91.8 Å². The van der Waals surface area contributed by atoms with E-state index in [9.17, 15) is 0 Å². The van der Waals surface area contributed by atoms with E-state index in [1.165, 1.54) is 49.7 Å². The molecule has 0 aromatic carbocycles. The van der Waals surface area contributed by atoms with Gasteiger partial charge in [-0.2, -0.15) is 0 Å². The Labute approximate surface area is 246 Å². The Bertz CT molecular complexity index is 949. The molecule has 0 N–H and O–H groups in total. The summed E-state index contributed by atoms with van der Waals surface area (Å²) in [6, 6.07) is 0. The lowest BCUT2D eigenvalue weighted by atomic mass is 9.61. The number of ether oxygens (including phenoxy) is 1. The van der Waals surface area contributed by atoms with Crippen molar-refractivity contribution in [2.24, 2.45) is 29.1 Å². The zero-order chi connectivity index (χ0) is 29.2. The van der Waals surface area contributed by atoms with Gasteiger partial charge in [-0.15, -0.1) is 11.3 Å². The molecule has 1 aromatic rings. The second-order valence-electron chi connectivity index (χ2n) is 13.7. The lowest BCUT2D eigenvalue weighted by Gasteiger charge is -2.47. The summed E-state index contributed by atoms with van der Waals surface area (Å²) < 4.78 is 6.06. The van der Waals surface area contributed by atoms with Crippen LogP contribution in [0.2, 0.25) is 0 Å². The minimum atomic E-state index is -0.0144. The van der Waals surface area contributed by atoms with Crippen molar-refractivity contribution in [1.29, 1.82) is 0 Å². The smallest absolute Gasteiger partial charge is 0.0901 e. The van der Waals surface area contributed by atoms with Gasteiger partial charge in [0.1, 0.15) is 0 Å². The van der Waals surface area contributed by atoms with Gasteiger partial charge in [0.25, 0.3) is 0 Å². The average Bonchev–Trinajstić information content (AvgIpc) is 3.28. The lowest BCUT2D eigenvalue weighted by molar-refractivity contribution is -0.0904. The van der Waals surface area contributed by atoms with E-state index in [4.69, 9.17) is 11.3 Å². The fourth-order valence-electron chi connectivity index (χ4n) is 6.66. The van der Waals surface area contributed by atoms with Crippen LogP contribution >= 0.6 is 11.3 Å². The van der Waals surface area contributed by atoms with Gasteiger partial charge < -0.3 is 4.74 Å². The third kappa shape index (κ3) is 10.6. The van der Waals surface area contributed by atoms with Crippen LogP contribution in [-0.2, 0) is 4.74 Å². The van der Waals surface area contributed by atoms with E-state index in [-0.39, 0.29) is 11.0 Å². The molecule has 0 amide bonds. The van der Waals surface area contributed by atoms with Crippen LogP contribution in [0.1, 0.15) is 137 Å². The molecule has 0 unspecified atom stereocenters. The summed E-state index contributed by atoms with van der Waals surface area (Å²) in [6.07, 6.45) is 16.8. The molecule has 2 heterocycles. The molecule has 1 fully saturated rings. The number of rotatable bonds is 16. The second-order valence-corrected chi connectivity index (χ2v) is 14.8. The minimum absolute atomic E-state index is 0.0144. The fraction of sp³-hybridized carbons (Fsp3) is 0.750. The molecule has 222 valence electrons. The zero-order valence-corrected chi connectivity index (χ0v) is 28.1. The van der Waals surface area contributed by atoms with Crippen molar-refractivity contribution in [2.75, 3.05) is 6.61 Å². The van der Waals surface area contributed by atoms with Gasteiger partial charge in [-0.05, 0) is 114 Å². The number of aryl methyl sites for hydroxylation is 1. The first kappa shape index (κ1) is 34.0. The summed E-state index contributed by atoms with van der Waals surface area (Å²) in [5.41, 5.74) is 5.80. The van der Waals surface area contributed by atoms with Crippen molar-refractivity contribution in [3.8, 4) is 0 Å². The van der Waals surface area contributed by atoms with Crippen molar-refractivity contribution in [3.63, 3.8) is 0 Å². The van der Waals surface area contributed by atoms with E-state index in [0.29, 0.717) is 23.7 Å². The average molecular weight is 556 g/mol. The largest absolute Gasteiger partial charge is 0.376 e. The van der Waals surface area contributed by atoms with Crippen molar-refractivity contribution < 1.29 is 4.74 Å². The van der Waals surface area contributed by atoms with Gasteiger partial charge in [0.05, 0.1) is 16.3 Å². The molecule has 1 aromatic heterocycles. The lowest BCUT2D eigenvalue weighted by Crippen LogP contribution is -2.42. The van der Waals surface area contributed by atoms with Crippen LogP contribution in [0.3, 0.4) is 0 Å². The van der Waals surface area contributed by atoms with Gasteiger partial charge >= 0.3 is 0 Å². The number of hydrogen-bond acceptors (Lipinski definition) is 3. The SMILES string of the molecule is C=C([C@H](CCC)[C@@H](C)[C@@H](C)CCC/C(=C\CC/C(C)=C/c1csc(C)n1)CC)C(C)(C)[C@@H]1CCOC(C)(C)C1. The van der Waals surface area contributed by atoms with Crippen molar-refractivity contribution in [3.05, 3.63) is 45.5 Å². The molecular weight excluding hydrogens is 494 g/mol. The Morgan fingerprint density at radius 1 is 1.23 bits per heavy atom. The van der Waals surface area contributed by atoms with Gasteiger partial charge in [0.2, 0.25) is 0 Å². The molecule has 1 saturated heterocycles. The maximum Gasteiger partial charge on any atom is 0.0901 e. The molecule has 4 atom stereocenters. The quantitative estimate of drug-likeness (QED) is 0.189. The first-order chi connectivity index (χ1) is 18.3. The van der Waals surface area contributed by atoms with E-state index in [1.54, 1.807) is 16.9 Å². The van der Waals surface area contributed by atoms with Gasteiger partial charge in [-0.1, -0.05) is 83.8 Å². The van der Waals surface area contributed by atoms with Gasteiger partial charge in [-0.3, -0.25) is 0 Å². The number of hydrogen-bond donors (Lipinski definition) is 0. The molecule has 0 saturated carbocycles. The molecule has 0 bridgehead atoms. The standard InChI is InChI=1S/C36H61NOS/c1-12-16-34(29(6)36(10,11)32-21-22-38-35(8,9)24-32)28(5)27(4)18-15-20-31(13-2)19-14-17-26(3)23-33-25-39-30(7)37-33/h19,23,25,27-28,32,34H,6,12-18,20-22,24H2,1-5,7-11H3/b26-23+,31-19-/t27-,28-,32+,34+/m0/s1. The Morgan fingerprint density at radius 3 is 2.54 bits per heavy atom. The summed E-state index contributed by atoms with van der Waals surface area (Å²) in [6.45, 7) is 29.1. The van der Waals surface area contributed by atoms with Crippen molar-refractivity contribution >= 4 is 17.4 Å². The van der Waals surface area contributed by atoms with Crippen LogP contribution in [0, 0.1) is 36.0 Å². The highest BCUT2D eigenvalue weighted by atomic mass is 32.1. The van der Waals surface area contributed by atoms with Crippen LogP contribution in [-0.4, -0.2) is 17.2 Å². The molecule has 1 aliphatic rings. The van der Waals surface area contributed by atoms with Gasteiger partial charge in [0, 0.05) is 12.0 Å². The molecule has 0 aliphatic carbocycles. The third-order valence-corrected chi connectivity index (χ3v) is 10.5. The van der Waals surface area contributed by atoms with Crippen LogP contribution in [0.5, 0.6) is 0 Å². The van der Waals surface area contributed by atoms with Gasteiger partial charge in [0.15, 0.2) is 0 Å². The number of thiazole rings is 1. The fourth-order valence-corrected chi connectivity index (χ4v) is 7.23. The van der Waals surface area contributed by atoms with E-state index >= 15 is 0 Å². The van der Waals surface area contributed by atoms with Crippen LogP contribution in [0.15, 0.2) is 34.8 Å². The van der Waals surface area contributed by atoms with E-state index < -0.39 is 0 Å². The van der Waals surface area contributed by atoms with Crippen LogP contribution < -0.4 is 0 Å². The Balaban J connectivity index is 1.91. The molecule has 2 nitrogen and oxygen atoms in total. The first-order valence-electron chi connectivity index (χ1n) is 15.9. The topological polar surface area (TPSA) is 22.1 Å².